The summed E-state index contributed by atoms with van der Waals surface area (Å²) in [4.78, 5) is 12.9. The van der Waals surface area contributed by atoms with E-state index in [2.05, 4.69) is 0 Å². The first-order valence-electron chi connectivity index (χ1n) is 7.56. The Balaban J connectivity index is 3.15. The van der Waals surface area contributed by atoms with E-state index in [0.29, 0.717) is 0 Å². The molecule has 1 amide bonds. The van der Waals surface area contributed by atoms with Gasteiger partial charge in [0.1, 0.15) is 4.90 Å². The maximum atomic E-state index is 12.6. The summed E-state index contributed by atoms with van der Waals surface area (Å²) < 4.78 is 63.2. The van der Waals surface area contributed by atoms with Crippen molar-refractivity contribution >= 4 is 27.5 Å². The predicted octanol–water partition coefficient (Wildman–Crippen LogP) is 3.39. The zero-order chi connectivity index (χ0) is 19.4. The van der Waals surface area contributed by atoms with Crippen LogP contribution in [-0.4, -0.2) is 56.4 Å². The molecule has 0 fully saturated rings. The van der Waals surface area contributed by atoms with Crippen LogP contribution in [0.1, 0.15) is 30.6 Å². The SMILES string of the molecule is CCN(CC)S(=O)(=O)c1cc(C(=O)N(C)CCC(F)(F)F)ccc1Cl. The lowest BCUT2D eigenvalue weighted by atomic mass is 10.2. The Kier molecular flexibility index (Phi) is 7.28. The first-order valence-corrected chi connectivity index (χ1v) is 9.37. The first-order chi connectivity index (χ1) is 11.4. The average Bonchev–Trinajstić information content (AvgIpc) is 2.52. The number of hydrogen-bond acceptors (Lipinski definition) is 3. The normalized spacial score (nSPS) is 12.5. The van der Waals surface area contributed by atoms with E-state index in [1.54, 1.807) is 13.8 Å². The molecule has 1 aromatic carbocycles. The van der Waals surface area contributed by atoms with Gasteiger partial charge in [0.05, 0.1) is 11.4 Å². The van der Waals surface area contributed by atoms with Crippen molar-refractivity contribution in [1.82, 2.24) is 9.21 Å². The molecule has 0 N–H and O–H groups in total. The van der Waals surface area contributed by atoms with Gasteiger partial charge in [-0.05, 0) is 18.2 Å². The molecule has 1 rings (SSSR count). The van der Waals surface area contributed by atoms with E-state index in [0.717, 1.165) is 11.0 Å². The smallest absolute Gasteiger partial charge is 0.341 e. The summed E-state index contributed by atoms with van der Waals surface area (Å²) in [5.74, 6) is -0.711. The number of alkyl halides is 3. The van der Waals surface area contributed by atoms with Gasteiger partial charge in [0.2, 0.25) is 10.0 Å². The van der Waals surface area contributed by atoms with Gasteiger partial charge in [0.25, 0.3) is 5.91 Å². The number of carbonyl (C=O) groups is 1. The van der Waals surface area contributed by atoms with Gasteiger partial charge in [-0.3, -0.25) is 4.79 Å². The van der Waals surface area contributed by atoms with Crippen LogP contribution >= 0.6 is 11.6 Å². The van der Waals surface area contributed by atoms with Gasteiger partial charge in [-0.1, -0.05) is 25.4 Å². The van der Waals surface area contributed by atoms with E-state index in [1.807, 2.05) is 0 Å². The highest BCUT2D eigenvalue weighted by Gasteiger charge is 2.29. The van der Waals surface area contributed by atoms with Crippen LogP contribution in [0.3, 0.4) is 0 Å². The maximum Gasteiger partial charge on any atom is 0.390 e. The zero-order valence-electron chi connectivity index (χ0n) is 14.1. The summed E-state index contributed by atoms with van der Waals surface area (Å²) in [7, 11) is -2.68. The molecule has 0 saturated carbocycles. The molecular weight excluding hydrogens is 381 g/mol. The van der Waals surface area contributed by atoms with E-state index in [-0.39, 0.29) is 28.6 Å². The van der Waals surface area contributed by atoms with E-state index in [9.17, 15) is 26.4 Å². The minimum absolute atomic E-state index is 0.0418. The molecular formula is C15H20ClF3N2O3S. The van der Waals surface area contributed by atoms with Crippen molar-refractivity contribution in [3.05, 3.63) is 28.8 Å². The second-order valence-electron chi connectivity index (χ2n) is 5.33. The number of rotatable bonds is 7. The third-order valence-corrected chi connectivity index (χ3v) is 6.11. The van der Waals surface area contributed by atoms with Crippen molar-refractivity contribution in [3.63, 3.8) is 0 Å². The number of benzene rings is 1. The monoisotopic (exact) mass is 400 g/mol. The van der Waals surface area contributed by atoms with Gasteiger partial charge in [-0.25, -0.2) is 8.42 Å². The first kappa shape index (κ1) is 21.7. The molecule has 0 spiro atoms. The van der Waals surface area contributed by atoms with Crippen LogP contribution in [0.25, 0.3) is 0 Å². The second kappa shape index (κ2) is 8.37. The highest BCUT2D eigenvalue weighted by Crippen LogP contribution is 2.26. The van der Waals surface area contributed by atoms with Gasteiger partial charge in [0.15, 0.2) is 0 Å². The molecule has 0 saturated heterocycles. The molecule has 142 valence electrons. The highest BCUT2D eigenvalue weighted by molar-refractivity contribution is 7.89. The Bertz CT molecular complexity index is 719. The summed E-state index contributed by atoms with van der Waals surface area (Å²) in [5.41, 5.74) is -0.0418. The molecule has 0 aliphatic rings. The second-order valence-corrected chi connectivity index (χ2v) is 7.64. The minimum atomic E-state index is -4.38. The topological polar surface area (TPSA) is 57.7 Å². The van der Waals surface area contributed by atoms with Crippen LogP contribution in [0.2, 0.25) is 5.02 Å². The molecule has 0 aromatic heterocycles. The average molecular weight is 401 g/mol. The molecule has 5 nitrogen and oxygen atoms in total. The number of halogens is 4. The van der Waals surface area contributed by atoms with Crippen LogP contribution < -0.4 is 0 Å². The third-order valence-electron chi connectivity index (χ3n) is 3.58. The van der Waals surface area contributed by atoms with Crippen LogP contribution in [0.15, 0.2) is 23.1 Å². The summed E-state index contributed by atoms with van der Waals surface area (Å²) >= 11 is 5.96. The Hall–Kier alpha value is -1.32. The lowest BCUT2D eigenvalue weighted by molar-refractivity contribution is -0.136. The molecule has 0 atom stereocenters. The van der Waals surface area contributed by atoms with Crippen molar-refractivity contribution in [1.29, 1.82) is 0 Å². The van der Waals surface area contributed by atoms with E-state index >= 15 is 0 Å². The standard InChI is InChI=1S/C15H20ClF3N2O3S/c1-4-21(5-2)25(23,24)13-10-11(6-7-12(13)16)14(22)20(3)9-8-15(17,18)19/h6-7,10H,4-5,8-9H2,1-3H3. The molecule has 0 bridgehead atoms. The number of hydrogen-bond donors (Lipinski definition) is 0. The number of sulfonamides is 1. The Morgan fingerprint density at radius 3 is 2.24 bits per heavy atom. The van der Waals surface area contributed by atoms with Gasteiger partial charge < -0.3 is 4.90 Å². The molecule has 25 heavy (non-hydrogen) atoms. The molecule has 10 heteroatoms. The highest BCUT2D eigenvalue weighted by atomic mass is 35.5. The van der Waals surface area contributed by atoms with Crippen molar-refractivity contribution in [2.75, 3.05) is 26.7 Å². The fourth-order valence-corrected chi connectivity index (χ4v) is 4.11. The number of carbonyl (C=O) groups excluding carboxylic acids is 1. The predicted molar refractivity (Wildman–Crippen MR) is 89.2 cm³/mol. The molecule has 0 unspecified atom stereocenters. The van der Waals surface area contributed by atoms with Gasteiger partial charge in [-0.15, -0.1) is 0 Å². The largest absolute Gasteiger partial charge is 0.390 e. The molecule has 0 aliphatic carbocycles. The Morgan fingerprint density at radius 2 is 1.76 bits per heavy atom. The number of amides is 1. The quantitative estimate of drug-likeness (QED) is 0.705. The summed E-state index contributed by atoms with van der Waals surface area (Å²) in [6.45, 7) is 3.24. The van der Waals surface area contributed by atoms with E-state index in [4.69, 9.17) is 11.6 Å². The molecule has 0 radical (unpaired) electrons. The van der Waals surface area contributed by atoms with Crippen LogP contribution in [-0.2, 0) is 10.0 Å². The summed E-state index contributed by atoms with van der Waals surface area (Å²) in [5, 5.41) is -0.0543. The fraction of sp³-hybridized carbons (Fsp3) is 0.533. The van der Waals surface area contributed by atoms with Gasteiger partial charge >= 0.3 is 6.18 Å². The Morgan fingerprint density at radius 1 is 1.20 bits per heavy atom. The number of nitrogens with zero attached hydrogens (tertiary/aromatic N) is 2. The molecule has 0 heterocycles. The van der Waals surface area contributed by atoms with Crippen LogP contribution in [0, 0.1) is 0 Å². The van der Waals surface area contributed by atoms with E-state index < -0.39 is 35.1 Å². The molecule has 0 aliphatic heterocycles. The molecule has 1 aromatic rings. The third kappa shape index (κ3) is 5.58. The van der Waals surface area contributed by atoms with Crippen molar-refractivity contribution in [2.24, 2.45) is 0 Å². The van der Waals surface area contributed by atoms with E-state index in [1.165, 1.54) is 23.5 Å². The van der Waals surface area contributed by atoms with Crippen molar-refractivity contribution < 1.29 is 26.4 Å². The van der Waals surface area contributed by atoms with Crippen LogP contribution in [0.5, 0.6) is 0 Å². The van der Waals surface area contributed by atoms with Gasteiger partial charge in [0, 0.05) is 32.2 Å². The summed E-state index contributed by atoms with van der Waals surface area (Å²) in [6.07, 6.45) is -5.53. The Labute approximate surface area is 150 Å². The maximum absolute atomic E-state index is 12.6. The van der Waals surface area contributed by atoms with Crippen LogP contribution in [0.4, 0.5) is 13.2 Å². The summed E-state index contributed by atoms with van der Waals surface area (Å²) in [6, 6.07) is 3.64. The fourth-order valence-electron chi connectivity index (χ4n) is 2.15. The zero-order valence-corrected chi connectivity index (χ0v) is 15.7. The van der Waals surface area contributed by atoms with Crippen molar-refractivity contribution in [3.8, 4) is 0 Å². The lowest BCUT2D eigenvalue weighted by Crippen LogP contribution is -2.32. The lowest BCUT2D eigenvalue weighted by Gasteiger charge is -2.21. The van der Waals surface area contributed by atoms with Gasteiger partial charge in [-0.2, -0.15) is 17.5 Å². The minimum Gasteiger partial charge on any atom is -0.341 e. The van der Waals surface area contributed by atoms with Crippen molar-refractivity contribution in [2.45, 2.75) is 31.3 Å².